The number of nitrogens with zero attached hydrogens (tertiary/aromatic N) is 4. The lowest BCUT2D eigenvalue weighted by Crippen LogP contribution is -2.34. The Morgan fingerprint density at radius 1 is 1.32 bits per heavy atom. The van der Waals surface area contributed by atoms with Crippen molar-refractivity contribution in [2.45, 2.75) is 52.1 Å². The molecular formula is C19H26N4O2. The van der Waals surface area contributed by atoms with Crippen LogP contribution in [-0.2, 0) is 19.5 Å². The summed E-state index contributed by atoms with van der Waals surface area (Å²) in [6, 6.07) is 7.87. The van der Waals surface area contributed by atoms with Crippen LogP contribution in [0.15, 0.2) is 24.3 Å². The molecule has 0 N–H and O–H groups in total. The Labute approximate surface area is 148 Å². The topological polar surface area (TPSA) is 60.2 Å². The zero-order chi connectivity index (χ0) is 17.6. The maximum Gasteiger partial charge on any atom is 0.292 e. The highest BCUT2D eigenvalue weighted by Gasteiger charge is 2.25. The average molecular weight is 342 g/mol. The van der Waals surface area contributed by atoms with Gasteiger partial charge >= 0.3 is 0 Å². The van der Waals surface area contributed by atoms with Crippen LogP contribution in [0.5, 0.6) is 5.75 Å². The first-order chi connectivity index (χ1) is 12.2. The molecule has 0 saturated carbocycles. The van der Waals surface area contributed by atoms with Crippen LogP contribution >= 0.6 is 0 Å². The second-order valence-electron chi connectivity index (χ2n) is 6.48. The Balaban J connectivity index is 1.82. The molecule has 1 aromatic carbocycles. The maximum atomic E-state index is 13.1. The molecule has 25 heavy (non-hydrogen) atoms. The van der Waals surface area contributed by atoms with Gasteiger partial charge in [0.15, 0.2) is 0 Å². The van der Waals surface area contributed by atoms with Crippen LogP contribution in [0.2, 0.25) is 0 Å². The van der Waals surface area contributed by atoms with Crippen LogP contribution in [0, 0.1) is 0 Å². The summed E-state index contributed by atoms with van der Waals surface area (Å²) >= 11 is 0. The number of aromatic nitrogens is 3. The molecule has 6 nitrogen and oxygen atoms in total. The van der Waals surface area contributed by atoms with Gasteiger partial charge in [0.05, 0.1) is 7.11 Å². The molecule has 0 bridgehead atoms. The van der Waals surface area contributed by atoms with Gasteiger partial charge in [-0.2, -0.15) is 0 Å². The van der Waals surface area contributed by atoms with Gasteiger partial charge in [0.2, 0.25) is 5.82 Å². The standard InChI is InChI=1S/C19H26N4O2/c1-3-4-11-22(14-15-8-7-9-16(13-15)25-2)19(24)18-21-20-17-10-5-6-12-23(17)18/h7-9,13H,3-6,10-12,14H2,1-2H3. The van der Waals surface area contributed by atoms with E-state index in [4.69, 9.17) is 4.74 Å². The van der Waals surface area contributed by atoms with Crippen LogP contribution in [0.4, 0.5) is 0 Å². The van der Waals surface area contributed by atoms with Gasteiger partial charge < -0.3 is 14.2 Å². The van der Waals surface area contributed by atoms with Crippen LogP contribution in [-0.4, -0.2) is 39.2 Å². The van der Waals surface area contributed by atoms with Crippen LogP contribution in [0.1, 0.15) is 54.6 Å². The summed E-state index contributed by atoms with van der Waals surface area (Å²) in [6.07, 6.45) is 5.12. The zero-order valence-corrected chi connectivity index (χ0v) is 15.1. The van der Waals surface area contributed by atoms with Crippen LogP contribution in [0.3, 0.4) is 0 Å². The van der Waals surface area contributed by atoms with Crippen molar-refractivity contribution < 1.29 is 9.53 Å². The monoisotopic (exact) mass is 342 g/mol. The van der Waals surface area contributed by atoms with E-state index in [0.29, 0.717) is 12.4 Å². The van der Waals surface area contributed by atoms with Crippen molar-refractivity contribution in [1.29, 1.82) is 0 Å². The van der Waals surface area contributed by atoms with Gasteiger partial charge in [-0.15, -0.1) is 10.2 Å². The van der Waals surface area contributed by atoms with Gasteiger partial charge in [-0.25, -0.2) is 0 Å². The molecule has 0 aliphatic carbocycles. The van der Waals surface area contributed by atoms with E-state index in [-0.39, 0.29) is 5.91 Å². The first-order valence-electron chi connectivity index (χ1n) is 9.07. The number of aryl methyl sites for hydroxylation is 1. The third-order valence-electron chi connectivity index (χ3n) is 4.63. The predicted molar refractivity (Wildman–Crippen MR) is 95.6 cm³/mol. The fourth-order valence-corrected chi connectivity index (χ4v) is 3.20. The van der Waals surface area contributed by atoms with Crippen molar-refractivity contribution in [2.75, 3.05) is 13.7 Å². The maximum absolute atomic E-state index is 13.1. The number of methoxy groups -OCH3 is 1. The number of unbranched alkanes of at least 4 members (excludes halogenated alkanes) is 1. The Morgan fingerprint density at radius 2 is 2.20 bits per heavy atom. The van der Waals surface area contributed by atoms with Crippen molar-refractivity contribution in [1.82, 2.24) is 19.7 Å². The number of rotatable bonds is 7. The fraction of sp³-hybridized carbons (Fsp3) is 0.526. The molecule has 1 aliphatic heterocycles. The number of ether oxygens (including phenoxy) is 1. The van der Waals surface area contributed by atoms with E-state index in [1.807, 2.05) is 33.7 Å². The molecule has 2 aromatic rings. The number of benzene rings is 1. The lowest BCUT2D eigenvalue weighted by atomic mass is 10.1. The van der Waals surface area contributed by atoms with E-state index >= 15 is 0 Å². The largest absolute Gasteiger partial charge is 0.497 e. The van der Waals surface area contributed by atoms with Gasteiger partial charge in [0.1, 0.15) is 11.6 Å². The van der Waals surface area contributed by atoms with Crippen LogP contribution in [0.25, 0.3) is 0 Å². The first kappa shape index (κ1) is 17.5. The second-order valence-corrected chi connectivity index (χ2v) is 6.48. The summed E-state index contributed by atoms with van der Waals surface area (Å²) in [6.45, 7) is 4.24. The number of carbonyl (C=O) groups excluding carboxylic acids is 1. The normalized spacial score (nSPS) is 13.4. The number of amides is 1. The molecule has 0 saturated heterocycles. The second kappa shape index (κ2) is 8.14. The molecule has 1 amide bonds. The molecule has 134 valence electrons. The van der Waals surface area contributed by atoms with Crippen molar-refractivity contribution in [3.63, 3.8) is 0 Å². The van der Waals surface area contributed by atoms with Gasteiger partial charge in [0.25, 0.3) is 5.91 Å². The van der Waals surface area contributed by atoms with E-state index in [2.05, 4.69) is 17.1 Å². The van der Waals surface area contributed by atoms with Gasteiger partial charge in [-0.3, -0.25) is 4.79 Å². The summed E-state index contributed by atoms with van der Waals surface area (Å²) in [5.41, 5.74) is 1.06. The van der Waals surface area contributed by atoms with Crippen molar-refractivity contribution in [3.8, 4) is 5.75 Å². The lowest BCUT2D eigenvalue weighted by molar-refractivity contribution is 0.0721. The number of fused-ring (bicyclic) bond motifs is 1. The van der Waals surface area contributed by atoms with E-state index < -0.39 is 0 Å². The van der Waals surface area contributed by atoms with E-state index in [0.717, 1.165) is 62.3 Å². The molecule has 1 aliphatic rings. The first-order valence-corrected chi connectivity index (χ1v) is 9.07. The molecular weight excluding hydrogens is 316 g/mol. The highest BCUT2D eigenvalue weighted by atomic mass is 16.5. The number of hydrogen-bond donors (Lipinski definition) is 0. The molecule has 0 fully saturated rings. The molecule has 0 atom stereocenters. The fourth-order valence-electron chi connectivity index (χ4n) is 3.20. The zero-order valence-electron chi connectivity index (χ0n) is 15.1. The summed E-state index contributed by atoms with van der Waals surface area (Å²) < 4.78 is 7.29. The minimum Gasteiger partial charge on any atom is -0.497 e. The third kappa shape index (κ3) is 4.00. The molecule has 0 spiro atoms. The Hall–Kier alpha value is -2.37. The molecule has 3 rings (SSSR count). The Kier molecular flexibility index (Phi) is 5.68. The summed E-state index contributed by atoms with van der Waals surface area (Å²) in [5, 5.41) is 8.42. The quantitative estimate of drug-likeness (QED) is 0.776. The van der Waals surface area contributed by atoms with E-state index in [9.17, 15) is 4.79 Å². The lowest BCUT2D eigenvalue weighted by Gasteiger charge is -2.23. The highest BCUT2D eigenvalue weighted by Crippen LogP contribution is 2.19. The van der Waals surface area contributed by atoms with Gasteiger partial charge in [-0.05, 0) is 37.0 Å². The number of hydrogen-bond acceptors (Lipinski definition) is 4. The summed E-state index contributed by atoms with van der Waals surface area (Å²) in [7, 11) is 1.65. The Bertz CT molecular complexity index is 726. The third-order valence-corrected chi connectivity index (χ3v) is 4.63. The Morgan fingerprint density at radius 3 is 3.00 bits per heavy atom. The highest BCUT2D eigenvalue weighted by molar-refractivity contribution is 5.90. The van der Waals surface area contributed by atoms with Crippen molar-refractivity contribution >= 4 is 5.91 Å². The molecule has 1 aromatic heterocycles. The van der Waals surface area contributed by atoms with Crippen LogP contribution < -0.4 is 4.74 Å². The average Bonchev–Trinajstić information content (AvgIpc) is 3.09. The van der Waals surface area contributed by atoms with E-state index in [1.54, 1.807) is 7.11 Å². The molecule has 0 unspecified atom stereocenters. The summed E-state index contributed by atoms with van der Waals surface area (Å²) in [4.78, 5) is 15.0. The SMILES string of the molecule is CCCCN(Cc1cccc(OC)c1)C(=O)c1nnc2n1CCCC2. The van der Waals surface area contributed by atoms with Crippen molar-refractivity contribution in [2.24, 2.45) is 0 Å². The number of carbonyl (C=O) groups is 1. The summed E-state index contributed by atoms with van der Waals surface area (Å²) in [5.74, 6) is 2.19. The molecule has 2 heterocycles. The van der Waals surface area contributed by atoms with Gasteiger partial charge in [0, 0.05) is 26.1 Å². The minimum atomic E-state index is -0.0306. The molecule has 6 heteroatoms. The predicted octanol–water partition coefficient (Wildman–Crippen LogP) is 3.07. The van der Waals surface area contributed by atoms with Crippen molar-refractivity contribution in [3.05, 3.63) is 41.5 Å². The minimum absolute atomic E-state index is 0.0306. The van der Waals surface area contributed by atoms with E-state index in [1.165, 1.54) is 0 Å². The molecule has 0 radical (unpaired) electrons. The smallest absolute Gasteiger partial charge is 0.292 e. The van der Waals surface area contributed by atoms with Gasteiger partial charge in [-0.1, -0.05) is 25.5 Å².